The summed E-state index contributed by atoms with van der Waals surface area (Å²) in [7, 11) is 0. The normalized spacial score (nSPS) is 12.4. The van der Waals surface area contributed by atoms with Crippen molar-refractivity contribution in [3.63, 3.8) is 0 Å². The fourth-order valence-corrected chi connectivity index (χ4v) is 2.20. The molecule has 118 valence electrons. The molecule has 0 aliphatic carbocycles. The van der Waals surface area contributed by atoms with Crippen LogP contribution in [0.5, 0.6) is 5.75 Å². The maximum absolute atomic E-state index is 12.3. The third-order valence-corrected chi connectivity index (χ3v) is 3.34. The number of nitriles is 1. The lowest BCUT2D eigenvalue weighted by Crippen LogP contribution is -2.29. The first-order valence-corrected chi connectivity index (χ1v) is 7.35. The van der Waals surface area contributed by atoms with E-state index in [1.54, 1.807) is 36.7 Å². The molecule has 0 radical (unpaired) electrons. The standard InChI is InChI=1S/C17H18N4O2/c1-2-3-15(12-4-6-14(22)7-5-12)21-17(23)13(11-18)10-16-19-8-9-20-16/h4-10,15,22H,2-3H2,1H3,(H,19,20)(H,21,23). The van der Waals surface area contributed by atoms with Crippen LogP contribution in [-0.4, -0.2) is 21.0 Å². The molecule has 2 aromatic rings. The fraction of sp³-hybridized carbons (Fsp3) is 0.235. The van der Waals surface area contributed by atoms with Crippen LogP contribution >= 0.6 is 0 Å². The molecule has 0 aliphatic heterocycles. The number of rotatable bonds is 6. The maximum atomic E-state index is 12.3. The zero-order chi connectivity index (χ0) is 16.7. The second-order valence-corrected chi connectivity index (χ2v) is 5.05. The molecule has 0 saturated carbocycles. The lowest BCUT2D eigenvalue weighted by Gasteiger charge is -2.18. The summed E-state index contributed by atoms with van der Waals surface area (Å²) in [6.07, 6.45) is 6.19. The molecule has 0 aliphatic rings. The van der Waals surface area contributed by atoms with Crippen molar-refractivity contribution in [2.24, 2.45) is 0 Å². The summed E-state index contributed by atoms with van der Waals surface area (Å²) < 4.78 is 0. The maximum Gasteiger partial charge on any atom is 0.262 e. The predicted octanol–water partition coefficient (Wildman–Crippen LogP) is 2.68. The highest BCUT2D eigenvalue weighted by atomic mass is 16.3. The molecule has 0 fully saturated rings. The Labute approximate surface area is 134 Å². The number of nitrogens with one attached hydrogen (secondary N) is 2. The van der Waals surface area contributed by atoms with Crippen LogP contribution in [0.3, 0.4) is 0 Å². The minimum Gasteiger partial charge on any atom is -0.508 e. The summed E-state index contributed by atoms with van der Waals surface area (Å²) in [5.41, 5.74) is 0.869. The Morgan fingerprint density at radius 2 is 2.22 bits per heavy atom. The van der Waals surface area contributed by atoms with E-state index in [0.29, 0.717) is 5.82 Å². The van der Waals surface area contributed by atoms with Crippen LogP contribution < -0.4 is 5.32 Å². The Hall–Kier alpha value is -3.07. The summed E-state index contributed by atoms with van der Waals surface area (Å²) in [4.78, 5) is 19.1. The van der Waals surface area contributed by atoms with Gasteiger partial charge in [0.05, 0.1) is 6.04 Å². The van der Waals surface area contributed by atoms with E-state index in [0.717, 1.165) is 18.4 Å². The summed E-state index contributed by atoms with van der Waals surface area (Å²) >= 11 is 0. The van der Waals surface area contributed by atoms with E-state index < -0.39 is 5.91 Å². The molecule has 6 nitrogen and oxygen atoms in total. The van der Waals surface area contributed by atoms with Crippen LogP contribution in [0, 0.1) is 11.3 Å². The molecule has 6 heteroatoms. The number of aromatic amines is 1. The van der Waals surface area contributed by atoms with Gasteiger partial charge in [0, 0.05) is 18.5 Å². The smallest absolute Gasteiger partial charge is 0.262 e. The van der Waals surface area contributed by atoms with E-state index in [1.807, 2.05) is 13.0 Å². The Kier molecular flexibility index (Phi) is 5.53. The van der Waals surface area contributed by atoms with Gasteiger partial charge < -0.3 is 15.4 Å². The number of amides is 1. The van der Waals surface area contributed by atoms with Crippen molar-refractivity contribution in [2.75, 3.05) is 0 Å². The van der Waals surface area contributed by atoms with Crippen molar-refractivity contribution in [2.45, 2.75) is 25.8 Å². The lowest BCUT2D eigenvalue weighted by atomic mass is 10.0. The molecule has 0 saturated heterocycles. The molecular weight excluding hydrogens is 292 g/mol. The number of H-pyrrole nitrogens is 1. The molecule has 1 unspecified atom stereocenters. The molecule has 1 amide bonds. The highest BCUT2D eigenvalue weighted by molar-refractivity contribution is 6.01. The van der Waals surface area contributed by atoms with E-state index in [4.69, 9.17) is 0 Å². The van der Waals surface area contributed by atoms with E-state index in [2.05, 4.69) is 15.3 Å². The molecule has 1 heterocycles. The number of hydrogen-bond donors (Lipinski definition) is 3. The zero-order valence-corrected chi connectivity index (χ0v) is 12.8. The van der Waals surface area contributed by atoms with Crippen LogP contribution in [0.4, 0.5) is 0 Å². The number of hydrogen-bond acceptors (Lipinski definition) is 4. The van der Waals surface area contributed by atoms with Crippen LogP contribution in [0.25, 0.3) is 6.08 Å². The Morgan fingerprint density at radius 1 is 1.48 bits per heavy atom. The average molecular weight is 310 g/mol. The van der Waals surface area contributed by atoms with E-state index >= 15 is 0 Å². The predicted molar refractivity (Wildman–Crippen MR) is 86.1 cm³/mol. The third-order valence-electron chi connectivity index (χ3n) is 3.34. The summed E-state index contributed by atoms with van der Waals surface area (Å²) in [6.45, 7) is 2.02. The Morgan fingerprint density at radius 3 is 2.78 bits per heavy atom. The number of aromatic nitrogens is 2. The first-order chi connectivity index (χ1) is 11.1. The van der Waals surface area contributed by atoms with Gasteiger partial charge in [-0.25, -0.2) is 4.98 Å². The monoisotopic (exact) mass is 310 g/mol. The minimum atomic E-state index is -0.449. The molecular formula is C17H18N4O2. The quantitative estimate of drug-likeness (QED) is 0.564. The molecule has 1 atom stereocenters. The second kappa shape index (κ2) is 7.80. The van der Waals surface area contributed by atoms with Crippen molar-refractivity contribution < 1.29 is 9.90 Å². The largest absolute Gasteiger partial charge is 0.508 e. The summed E-state index contributed by atoms with van der Waals surface area (Å²) in [6, 6.07) is 8.36. The number of aromatic hydroxyl groups is 1. The van der Waals surface area contributed by atoms with Gasteiger partial charge in [-0.3, -0.25) is 4.79 Å². The van der Waals surface area contributed by atoms with Crippen molar-refractivity contribution >= 4 is 12.0 Å². The van der Waals surface area contributed by atoms with Gasteiger partial charge in [-0.2, -0.15) is 5.26 Å². The first kappa shape index (κ1) is 16.3. The molecule has 1 aromatic carbocycles. The van der Waals surface area contributed by atoms with Gasteiger partial charge in [-0.1, -0.05) is 25.5 Å². The van der Waals surface area contributed by atoms with Gasteiger partial charge in [0.25, 0.3) is 5.91 Å². The number of phenols is 1. The van der Waals surface area contributed by atoms with Gasteiger partial charge in [-0.15, -0.1) is 0 Å². The van der Waals surface area contributed by atoms with Crippen molar-refractivity contribution in [1.29, 1.82) is 5.26 Å². The minimum absolute atomic E-state index is 0.0140. The first-order valence-electron chi connectivity index (χ1n) is 7.35. The van der Waals surface area contributed by atoms with Gasteiger partial charge in [0.2, 0.25) is 0 Å². The zero-order valence-electron chi connectivity index (χ0n) is 12.8. The third kappa shape index (κ3) is 4.45. The SMILES string of the molecule is CCCC(NC(=O)C(C#N)=Cc1ncc[nH]1)c1ccc(O)cc1. The number of carbonyl (C=O) groups excluding carboxylic acids is 1. The Balaban J connectivity index is 2.17. The molecule has 0 bridgehead atoms. The highest BCUT2D eigenvalue weighted by Gasteiger charge is 2.17. The van der Waals surface area contributed by atoms with Crippen LogP contribution in [0.2, 0.25) is 0 Å². The molecule has 2 rings (SSSR count). The van der Waals surface area contributed by atoms with Crippen LogP contribution in [-0.2, 0) is 4.79 Å². The number of benzene rings is 1. The molecule has 23 heavy (non-hydrogen) atoms. The topological polar surface area (TPSA) is 102 Å². The van der Waals surface area contributed by atoms with Crippen LogP contribution in [0.1, 0.15) is 37.2 Å². The van der Waals surface area contributed by atoms with Gasteiger partial charge in [0.1, 0.15) is 23.2 Å². The second-order valence-electron chi connectivity index (χ2n) is 5.05. The molecule has 3 N–H and O–H groups in total. The average Bonchev–Trinajstić information content (AvgIpc) is 3.06. The van der Waals surface area contributed by atoms with Crippen LogP contribution in [0.15, 0.2) is 42.2 Å². The summed E-state index contributed by atoms with van der Waals surface area (Å²) in [5.74, 6) is 0.176. The number of phenolic OH excluding ortho intramolecular Hbond substituents is 1. The van der Waals surface area contributed by atoms with Crippen molar-refractivity contribution in [1.82, 2.24) is 15.3 Å². The number of carbonyl (C=O) groups is 1. The molecule has 0 spiro atoms. The van der Waals surface area contributed by atoms with E-state index in [-0.39, 0.29) is 17.4 Å². The fourth-order valence-electron chi connectivity index (χ4n) is 2.20. The van der Waals surface area contributed by atoms with Gasteiger partial charge in [0.15, 0.2) is 0 Å². The van der Waals surface area contributed by atoms with Crippen molar-refractivity contribution in [3.8, 4) is 11.8 Å². The van der Waals surface area contributed by atoms with E-state index in [9.17, 15) is 15.2 Å². The lowest BCUT2D eigenvalue weighted by molar-refractivity contribution is -0.117. The molecule has 1 aromatic heterocycles. The number of imidazole rings is 1. The van der Waals surface area contributed by atoms with Gasteiger partial charge >= 0.3 is 0 Å². The Bertz CT molecular complexity index is 712. The van der Waals surface area contributed by atoms with E-state index in [1.165, 1.54) is 6.08 Å². The number of nitrogens with zero attached hydrogens (tertiary/aromatic N) is 2. The van der Waals surface area contributed by atoms with Crippen molar-refractivity contribution in [3.05, 3.63) is 53.6 Å². The summed E-state index contributed by atoms with van der Waals surface area (Å²) in [5, 5.41) is 21.4. The highest BCUT2D eigenvalue weighted by Crippen LogP contribution is 2.21. The van der Waals surface area contributed by atoms with Gasteiger partial charge in [-0.05, 0) is 24.1 Å².